The third-order valence-electron chi connectivity index (χ3n) is 5.21. The maximum absolute atomic E-state index is 13.4. The normalized spacial score (nSPS) is 11.7. The van der Waals surface area contributed by atoms with Gasteiger partial charge in [-0.25, -0.2) is 4.79 Å². The van der Waals surface area contributed by atoms with Gasteiger partial charge in [0, 0.05) is 41.3 Å². The zero-order valence-electron chi connectivity index (χ0n) is 17.9. The summed E-state index contributed by atoms with van der Waals surface area (Å²) < 4.78 is 2.01. The van der Waals surface area contributed by atoms with Crippen molar-refractivity contribution in [2.24, 2.45) is 5.92 Å². The van der Waals surface area contributed by atoms with Gasteiger partial charge in [0.2, 0.25) is 5.91 Å². The number of amides is 1. The first-order valence-corrected chi connectivity index (χ1v) is 10.9. The lowest BCUT2D eigenvalue weighted by Crippen LogP contribution is -2.37. The van der Waals surface area contributed by atoms with E-state index in [0.29, 0.717) is 17.7 Å². The molecule has 0 saturated carbocycles. The molecule has 3 aromatic rings. The highest BCUT2D eigenvalue weighted by Gasteiger charge is 2.26. The number of ketones is 1. The third-order valence-corrected chi connectivity index (χ3v) is 5.70. The van der Waals surface area contributed by atoms with Crippen molar-refractivity contribution in [1.29, 1.82) is 0 Å². The van der Waals surface area contributed by atoms with Crippen molar-refractivity contribution in [1.82, 2.24) is 9.55 Å². The summed E-state index contributed by atoms with van der Waals surface area (Å²) >= 11 is 3.42. The highest BCUT2D eigenvalue weighted by molar-refractivity contribution is 9.10. The van der Waals surface area contributed by atoms with Crippen molar-refractivity contribution in [3.05, 3.63) is 97.2 Å². The zero-order chi connectivity index (χ0) is 23.3. The molecule has 0 saturated heterocycles. The molecular formula is C24H24BrN3O4. The van der Waals surface area contributed by atoms with Crippen LogP contribution < -0.4 is 16.1 Å². The molecule has 32 heavy (non-hydrogen) atoms. The minimum absolute atomic E-state index is 0.0311. The number of Topliss-reactive ketones (excluding diaryl/α,β-unsaturated/α-hetero) is 1. The van der Waals surface area contributed by atoms with Crippen molar-refractivity contribution in [3.63, 3.8) is 0 Å². The molecule has 7 nitrogen and oxygen atoms in total. The Morgan fingerprint density at radius 1 is 1.09 bits per heavy atom. The van der Waals surface area contributed by atoms with Gasteiger partial charge in [0.05, 0.1) is 6.54 Å². The van der Waals surface area contributed by atoms with E-state index < -0.39 is 17.2 Å². The molecule has 1 atom stereocenters. The Balaban J connectivity index is 1.83. The summed E-state index contributed by atoms with van der Waals surface area (Å²) in [6.07, 6.45) is 1.72. The fourth-order valence-electron chi connectivity index (χ4n) is 3.50. The smallest absolute Gasteiger partial charge is 0.315 e. The number of rotatable bonds is 8. The molecular weight excluding hydrogens is 474 g/mol. The molecule has 0 unspecified atom stereocenters. The molecule has 0 spiro atoms. The summed E-state index contributed by atoms with van der Waals surface area (Å²) in [4.78, 5) is 53.6. The number of benzene rings is 2. The van der Waals surface area contributed by atoms with E-state index in [9.17, 15) is 19.2 Å². The number of halogens is 1. The topological polar surface area (TPSA) is 92.2 Å². The lowest BCUT2D eigenvalue weighted by atomic mass is 9.92. The summed E-state index contributed by atoms with van der Waals surface area (Å²) in [6.45, 7) is 1.35. The molecule has 1 N–H and O–H groups in total. The van der Waals surface area contributed by atoms with Gasteiger partial charge in [-0.15, -0.1) is 0 Å². The van der Waals surface area contributed by atoms with Crippen molar-refractivity contribution < 1.29 is 9.59 Å². The Labute approximate surface area is 193 Å². The molecule has 0 bridgehead atoms. The van der Waals surface area contributed by atoms with Gasteiger partial charge < -0.3 is 4.90 Å². The van der Waals surface area contributed by atoms with Crippen LogP contribution >= 0.6 is 15.9 Å². The van der Waals surface area contributed by atoms with Crippen LogP contribution in [0.4, 0.5) is 5.69 Å². The number of carbonyl (C=O) groups is 2. The number of nitrogens with one attached hydrogen (secondary N) is 1. The van der Waals surface area contributed by atoms with Gasteiger partial charge in [-0.3, -0.25) is 23.9 Å². The molecule has 0 fully saturated rings. The maximum Gasteiger partial charge on any atom is 0.328 e. The molecule has 8 heteroatoms. The fourth-order valence-corrected chi connectivity index (χ4v) is 3.88. The molecule has 1 aromatic heterocycles. The summed E-state index contributed by atoms with van der Waals surface area (Å²) in [7, 11) is 1.68. The average molecular weight is 498 g/mol. The number of aromatic nitrogens is 2. The van der Waals surface area contributed by atoms with Crippen LogP contribution in [0, 0.1) is 12.8 Å². The van der Waals surface area contributed by atoms with Gasteiger partial charge in [0.1, 0.15) is 0 Å². The lowest BCUT2D eigenvalue weighted by Gasteiger charge is -2.24. The first-order valence-electron chi connectivity index (χ1n) is 10.1. The van der Waals surface area contributed by atoms with Gasteiger partial charge in [-0.2, -0.15) is 0 Å². The Hall–Kier alpha value is -3.26. The van der Waals surface area contributed by atoms with Crippen molar-refractivity contribution in [2.75, 3.05) is 11.9 Å². The van der Waals surface area contributed by atoms with E-state index in [4.69, 9.17) is 0 Å². The molecule has 0 radical (unpaired) electrons. The van der Waals surface area contributed by atoms with Gasteiger partial charge in [-0.1, -0.05) is 52.3 Å². The van der Waals surface area contributed by atoms with E-state index in [-0.39, 0.29) is 24.7 Å². The molecule has 166 valence electrons. The van der Waals surface area contributed by atoms with Gasteiger partial charge >= 0.3 is 5.69 Å². The van der Waals surface area contributed by atoms with Crippen LogP contribution in [0.2, 0.25) is 0 Å². The van der Waals surface area contributed by atoms with Gasteiger partial charge in [-0.05, 0) is 37.1 Å². The van der Waals surface area contributed by atoms with Crippen molar-refractivity contribution >= 4 is 33.3 Å². The van der Waals surface area contributed by atoms with E-state index in [1.165, 1.54) is 10.8 Å². The minimum Gasteiger partial charge on any atom is -0.315 e. The summed E-state index contributed by atoms with van der Waals surface area (Å²) in [5.74, 6) is -1.06. The fraction of sp³-hybridized carbons (Fsp3) is 0.250. The number of hydrogen-bond donors (Lipinski definition) is 1. The van der Waals surface area contributed by atoms with Gasteiger partial charge in [0.15, 0.2) is 5.78 Å². The Kier molecular flexibility index (Phi) is 7.58. The first kappa shape index (κ1) is 23.4. The predicted octanol–water partition coefficient (Wildman–Crippen LogP) is 3.09. The molecule has 0 aliphatic heterocycles. The maximum atomic E-state index is 13.4. The van der Waals surface area contributed by atoms with Crippen LogP contribution in [0.25, 0.3) is 0 Å². The summed E-state index contributed by atoms with van der Waals surface area (Å²) in [5.41, 5.74) is 0.863. The highest BCUT2D eigenvalue weighted by atomic mass is 79.9. The second-order valence-electron chi connectivity index (χ2n) is 7.71. The van der Waals surface area contributed by atoms with E-state index in [2.05, 4.69) is 20.9 Å². The van der Waals surface area contributed by atoms with E-state index in [1.807, 2.05) is 54.6 Å². The Morgan fingerprint density at radius 3 is 2.50 bits per heavy atom. The number of anilines is 1. The number of carbonyl (C=O) groups excluding carboxylic acids is 2. The third kappa shape index (κ3) is 5.91. The van der Waals surface area contributed by atoms with E-state index in [0.717, 1.165) is 10.0 Å². The second kappa shape index (κ2) is 10.4. The van der Waals surface area contributed by atoms with Crippen LogP contribution in [0.3, 0.4) is 0 Å². The highest BCUT2D eigenvalue weighted by Crippen LogP contribution is 2.23. The van der Waals surface area contributed by atoms with Crippen molar-refractivity contribution in [2.45, 2.75) is 26.3 Å². The molecule has 0 aliphatic rings. The largest absolute Gasteiger partial charge is 0.328 e. The van der Waals surface area contributed by atoms with Crippen molar-refractivity contribution in [3.8, 4) is 0 Å². The number of hydrogen-bond acceptors (Lipinski definition) is 4. The quantitative estimate of drug-likeness (QED) is 0.517. The molecule has 1 heterocycles. The zero-order valence-corrected chi connectivity index (χ0v) is 19.5. The SMILES string of the molecule is Cc1cn(CC(=O)C[C@@H](Cc2ccccc2)C(=O)N(C)c2cccc(Br)c2)c(=O)[nH]c1=O. The van der Waals surface area contributed by atoms with E-state index >= 15 is 0 Å². The lowest BCUT2D eigenvalue weighted by molar-refractivity contribution is -0.127. The summed E-state index contributed by atoms with van der Waals surface area (Å²) in [5, 5.41) is 0. The average Bonchev–Trinajstić information content (AvgIpc) is 2.76. The van der Waals surface area contributed by atoms with Crippen LogP contribution in [-0.2, 0) is 22.6 Å². The van der Waals surface area contributed by atoms with Crippen LogP contribution in [0.1, 0.15) is 17.5 Å². The standard InChI is InChI=1S/C24H24BrN3O4/c1-16-14-28(24(32)26-22(16)30)15-21(29)12-18(11-17-7-4-3-5-8-17)23(31)27(2)20-10-6-9-19(25)13-20/h3-10,13-14,18H,11-12,15H2,1-2H3,(H,26,30,32)/t18-/m1/s1. The van der Waals surface area contributed by atoms with Crippen LogP contribution in [-0.4, -0.2) is 28.3 Å². The number of aromatic amines is 1. The Morgan fingerprint density at radius 2 is 1.81 bits per heavy atom. The summed E-state index contributed by atoms with van der Waals surface area (Å²) in [6, 6.07) is 16.9. The van der Waals surface area contributed by atoms with Gasteiger partial charge in [0.25, 0.3) is 5.56 Å². The van der Waals surface area contributed by atoms with Crippen LogP contribution in [0.15, 0.2) is 74.9 Å². The Bertz CT molecular complexity index is 1230. The number of aryl methyl sites for hydroxylation is 1. The molecule has 1 amide bonds. The van der Waals surface area contributed by atoms with E-state index in [1.54, 1.807) is 18.9 Å². The second-order valence-corrected chi connectivity index (χ2v) is 8.62. The first-order chi connectivity index (χ1) is 15.2. The minimum atomic E-state index is -0.647. The monoisotopic (exact) mass is 497 g/mol. The number of nitrogens with zero attached hydrogens (tertiary/aromatic N) is 2. The number of H-pyrrole nitrogens is 1. The molecule has 2 aromatic carbocycles. The van der Waals surface area contributed by atoms with Crippen LogP contribution in [0.5, 0.6) is 0 Å². The molecule has 3 rings (SSSR count). The predicted molar refractivity (Wildman–Crippen MR) is 127 cm³/mol. The molecule has 0 aliphatic carbocycles.